The minimum absolute atomic E-state index is 0.106. The van der Waals surface area contributed by atoms with Gasteiger partial charge in [-0.1, -0.05) is 48.0 Å². The molecule has 0 aliphatic carbocycles. The van der Waals surface area contributed by atoms with Crippen LogP contribution in [0.3, 0.4) is 0 Å². The molecular weight excluding hydrogens is 368 g/mol. The molecule has 0 aromatic heterocycles. The highest BCUT2D eigenvalue weighted by Gasteiger charge is 2.08. The summed E-state index contributed by atoms with van der Waals surface area (Å²) in [7, 11) is 0. The van der Waals surface area contributed by atoms with Crippen LogP contribution in [-0.2, 0) is 0 Å². The molecule has 0 amide bonds. The molecule has 0 spiro atoms. The molecular formula is C24H23ClN2O. The van der Waals surface area contributed by atoms with Gasteiger partial charge in [-0.25, -0.2) is 0 Å². The van der Waals surface area contributed by atoms with Crippen LogP contribution in [0.15, 0.2) is 58.5 Å². The molecule has 28 heavy (non-hydrogen) atoms. The van der Waals surface area contributed by atoms with Crippen LogP contribution in [0.25, 0.3) is 0 Å². The number of aryl methyl sites for hydroxylation is 4. The highest BCUT2D eigenvalue weighted by atomic mass is 35.5. The molecule has 3 aromatic rings. The fraction of sp³-hybridized carbons (Fsp3) is 0.167. The van der Waals surface area contributed by atoms with Gasteiger partial charge in [0.25, 0.3) is 0 Å². The molecule has 0 atom stereocenters. The van der Waals surface area contributed by atoms with Crippen LogP contribution in [0, 0.1) is 27.7 Å². The Kier molecular flexibility index (Phi) is 5.96. The van der Waals surface area contributed by atoms with Crippen molar-refractivity contribution in [2.75, 3.05) is 0 Å². The van der Waals surface area contributed by atoms with E-state index in [1.165, 1.54) is 0 Å². The topological polar surface area (TPSA) is 45.0 Å². The zero-order chi connectivity index (χ0) is 20.3. The third-order valence-corrected chi connectivity index (χ3v) is 4.90. The Hall–Kier alpha value is -2.91. The summed E-state index contributed by atoms with van der Waals surface area (Å²) >= 11 is 6.28. The van der Waals surface area contributed by atoms with Crippen molar-refractivity contribution in [1.82, 2.24) is 0 Å². The van der Waals surface area contributed by atoms with E-state index in [4.69, 9.17) is 11.6 Å². The van der Waals surface area contributed by atoms with E-state index < -0.39 is 0 Å². The molecule has 0 fully saturated rings. The van der Waals surface area contributed by atoms with Crippen molar-refractivity contribution >= 4 is 35.4 Å². The number of rotatable bonds is 4. The molecule has 1 N–H and O–H groups in total. The Morgan fingerprint density at radius 1 is 0.714 bits per heavy atom. The molecule has 3 nitrogen and oxygen atoms in total. The summed E-state index contributed by atoms with van der Waals surface area (Å²) in [5.41, 5.74) is 7.21. The van der Waals surface area contributed by atoms with Crippen molar-refractivity contribution < 1.29 is 5.11 Å². The summed E-state index contributed by atoms with van der Waals surface area (Å²) in [4.78, 5) is 9.15. The van der Waals surface area contributed by atoms with Crippen LogP contribution in [0.5, 0.6) is 5.75 Å². The van der Waals surface area contributed by atoms with Crippen LogP contribution in [0.1, 0.15) is 33.4 Å². The van der Waals surface area contributed by atoms with E-state index in [1.807, 2.05) is 64.1 Å². The summed E-state index contributed by atoms with van der Waals surface area (Å²) in [5.74, 6) is 0.106. The first-order valence-corrected chi connectivity index (χ1v) is 9.47. The van der Waals surface area contributed by atoms with Crippen molar-refractivity contribution in [1.29, 1.82) is 0 Å². The van der Waals surface area contributed by atoms with Gasteiger partial charge in [-0.3, -0.25) is 9.98 Å². The van der Waals surface area contributed by atoms with Crippen molar-refractivity contribution in [3.05, 3.63) is 86.9 Å². The summed E-state index contributed by atoms with van der Waals surface area (Å²) < 4.78 is 0. The van der Waals surface area contributed by atoms with E-state index in [0.717, 1.165) is 33.6 Å². The fourth-order valence-corrected chi connectivity index (χ4v) is 3.36. The van der Waals surface area contributed by atoms with E-state index >= 15 is 0 Å². The number of para-hydroxylation sites is 2. The molecule has 142 valence electrons. The molecule has 0 heterocycles. The van der Waals surface area contributed by atoms with Gasteiger partial charge in [0, 0.05) is 28.6 Å². The van der Waals surface area contributed by atoms with Gasteiger partial charge < -0.3 is 5.11 Å². The molecule has 0 saturated carbocycles. The SMILES string of the molecule is Cc1cccc(C)c1N=Cc1cc(Cl)cc(C=Nc2c(C)cccc2C)c1O. The molecule has 3 rings (SSSR count). The maximum atomic E-state index is 10.7. The maximum Gasteiger partial charge on any atom is 0.133 e. The first-order valence-electron chi connectivity index (χ1n) is 9.10. The van der Waals surface area contributed by atoms with Gasteiger partial charge in [-0.15, -0.1) is 0 Å². The number of benzene rings is 3. The monoisotopic (exact) mass is 390 g/mol. The van der Waals surface area contributed by atoms with Gasteiger partial charge in [0.2, 0.25) is 0 Å². The zero-order valence-corrected chi connectivity index (χ0v) is 17.2. The van der Waals surface area contributed by atoms with Crippen molar-refractivity contribution in [2.24, 2.45) is 9.98 Å². The van der Waals surface area contributed by atoms with Gasteiger partial charge in [-0.2, -0.15) is 0 Å². The minimum atomic E-state index is 0.106. The quantitative estimate of drug-likeness (QED) is 0.490. The third kappa shape index (κ3) is 4.32. The Bertz CT molecular complexity index is 961. The number of phenols is 1. The molecule has 0 unspecified atom stereocenters. The molecule has 0 saturated heterocycles. The number of hydrogen-bond acceptors (Lipinski definition) is 3. The first kappa shape index (κ1) is 19.8. The van der Waals surface area contributed by atoms with Crippen LogP contribution in [0.4, 0.5) is 11.4 Å². The van der Waals surface area contributed by atoms with Crippen molar-refractivity contribution in [2.45, 2.75) is 27.7 Å². The second-order valence-electron chi connectivity index (χ2n) is 6.93. The minimum Gasteiger partial charge on any atom is -0.507 e. The Morgan fingerprint density at radius 3 is 1.43 bits per heavy atom. The van der Waals surface area contributed by atoms with Crippen LogP contribution in [0.2, 0.25) is 5.02 Å². The number of nitrogens with zero attached hydrogens (tertiary/aromatic N) is 2. The summed E-state index contributed by atoms with van der Waals surface area (Å²) in [6, 6.07) is 15.5. The third-order valence-electron chi connectivity index (χ3n) is 4.68. The molecule has 0 radical (unpaired) electrons. The number of aliphatic imine (C=N–C) groups is 2. The smallest absolute Gasteiger partial charge is 0.133 e. The summed E-state index contributed by atoms with van der Waals surface area (Å²) in [6.45, 7) is 8.06. The number of hydrogen-bond donors (Lipinski definition) is 1. The molecule has 0 aliphatic rings. The molecule has 0 bridgehead atoms. The fourth-order valence-electron chi connectivity index (χ4n) is 3.13. The maximum absolute atomic E-state index is 10.7. The lowest BCUT2D eigenvalue weighted by atomic mass is 10.1. The average molecular weight is 391 g/mol. The molecule has 3 aromatic carbocycles. The van der Waals surface area contributed by atoms with Crippen molar-refractivity contribution in [3.8, 4) is 5.75 Å². The highest BCUT2D eigenvalue weighted by molar-refractivity contribution is 6.31. The van der Waals surface area contributed by atoms with E-state index in [0.29, 0.717) is 16.1 Å². The van der Waals surface area contributed by atoms with E-state index in [9.17, 15) is 5.11 Å². The Balaban J connectivity index is 1.99. The number of halogens is 1. The van der Waals surface area contributed by atoms with Gasteiger partial charge in [0.05, 0.1) is 11.4 Å². The number of aromatic hydroxyl groups is 1. The van der Waals surface area contributed by atoms with Crippen LogP contribution in [-0.4, -0.2) is 17.5 Å². The van der Waals surface area contributed by atoms with Crippen molar-refractivity contribution in [3.63, 3.8) is 0 Å². The van der Waals surface area contributed by atoms with E-state index in [1.54, 1.807) is 24.6 Å². The van der Waals surface area contributed by atoms with Gasteiger partial charge in [0.1, 0.15) is 5.75 Å². The second-order valence-corrected chi connectivity index (χ2v) is 7.37. The van der Waals surface area contributed by atoms with Gasteiger partial charge >= 0.3 is 0 Å². The lowest BCUT2D eigenvalue weighted by Crippen LogP contribution is -1.91. The summed E-state index contributed by atoms with van der Waals surface area (Å²) in [5, 5.41) is 11.2. The predicted molar refractivity (Wildman–Crippen MR) is 119 cm³/mol. The molecule has 4 heteroatoms. The number of phenolic OH excluding ortho intramolecular Hbond substituents is 1. The standard InChI is InChI=1S/C24H23ClN2O/c1-15-7-5-8-16(2)22(15)26-13-19-11-21(25)12-20(24(19)28)14-27-23-17(3)9-6-10-18(23)4/h5-14,28H,1-4H3. The highest BCUT2D eigenvalue weighted by Crippen LogP contribution is 2.29. The predicted octanol–water partition coefficient (Wildman–Crippen LogP) is 6.78. The van der Waals surface area contributed by atoms with Crippen LogP contribution >= 0.6 is 11.6 Å². The normalized spacial score (nSPS) is 11.6. The molecule has 0 aliphatic heterocycles. The second kappa shape index (κ2) is 8.41. The Labute approximate surface area is 171 Å². The lowest BCUT2D eigenvalue weighted by Gasteiger charge is -2.07. The zero-order valence-electron chi connectivity index (χ0n) is 16.5. The van der Waals surface area contributed by atoms with Crippen LogP contribution < -0.4 is 0 Å². The van der Waals surface area contributed by atoms with E-state index in [-0.39, 0.29) is 5.75 Å². The lowest BCUT2D eigenvalue weighted by molar-refractivity contribution is 0.473. The van der Waals surface area contributed by atoms with E-state index in [2.05, 4.69) is 9.98 Å². The Morgan fingerprint density at radius 2 is 1.07 bits per heavy atom. The first-order chi connectivity index (χ1) is 13.4. The summed E-state index contributed by atoms with van der Waals surface area (Å²) in [6.07, 6.45) is 3.29. The average Bonchev–Trinajstić information content (AvgIpc) is 2.64. The largest absolute Gasteiger partial charge is 0.507 e. The van der Waals surface area contributed by atoms with Gasteiger partial charge in [0.15, 0.2) is 0 Å². The van der Waals surface area contributed by atoms with Gasteiger partial charge in [-0.05, 0) is 62.1 Å².